The Balaban J connectivity index is 1.50. The Kier molecular flexibility index (Phi) is 7.75. The third kappa shape index (κ3) is 5.96. The van der Waals surface area contributed by atoms with E-state index in [0.717, 1.165) is 21.9 Å². The number of hydrogen-bond acceptors (Lipinski definition) is 5. The summed E-state index contributed by atoms with van der Waals surface area (Å²) in [5.41, 5.74) is 5.63. The fourth-order valence-corrected chi connectivity index (χ4v) is 3.82. The SMILES string of the molecule is Cc1ccc(C(C)C)c(OCC(=O)NN=Cc2c(OC(=O)c3ccccc3)ccc3ccccc23)c1. The number of carbonyl (C=O) groups is 2. The minimum atomic E-state index is -0.475. The van der Waals surface area contributed by atoms with E-state index in [1.165, 1.54) is 6.21 Å². The minimum Gasteiger partial charge on any atom is -0.483 e. The highest BCUT2D eigenvalue weighted by Gasteiger charge is 2.14. The summed E-state index contributed by atoms with van der Waals surface area (Å²) < 4.78 is 11.5. The molecule has 0 aliphatic heterocycles. The third-order valence-corrected chi connectivity index (χ3v) is 5.68. The number of esters is 1. The predicted octanol–water partition coefficient (Wildman–Crippen LogP) is 6.02. The van der Waals surface area contributed by atoms with Crippen LogP contribution in [-0.2, 0) is 4.79 Å². The van der Waals surface area contributed by atoms with Gasteiger partial charge in [-0.3, -0.25) is 4.79 Å². The number of carbonyl (C=O) groups excluding carboxylic acids is 2. The average Bonchev–Trinajstić information content (AvgIpc) is 2.88. The average molecular weight is 481 g/mol. The number of nitrogens with zero attached hydrogens (tertiary/aromatic N) is 1. The number of benzene rings is 4. The van der Waals surface area contributed by atoms with Gasteiger partial charge in [-0.05, 0) is 59.0 Å². The van der Waals surface area contributed by atoms with Crippen LogP contribution in [-0.4, -0.2) is 24.7 Å². The van der Waals surface area contributed by atoms with Crippen molar-refractivity contribution >= 4 is 28.9 Å². The zero-order valence-electron chi connectivity index (χ0n) is 20.5. The number of aryl methyl sites for hydroxylation is 1. The molecule has 0 unspecified atom stereocenters. The fraction of sp³-hybridized carbons (Fsp3) is 0.167. The van der Waals surface area contributed by atoms with Crippen LogP contribution in [0, 0.1) is 6.92 Å². The molecular formula is C30H28N2O4. The highest BCUT2D eigenvalue weighted by atomic mass is 16.5. The smallest absolute Gasteiger partial charge is 0.343 e. The quantitative estimate of drug-likeness (QED) is 0.145. The molecule has 0 aliphatic rings. The standard InChI is InChI=1S/C30H28N2O4/c1-20(2)24-15-13-21(3)17-28(24)35-19-29(33)32-31-18-26-25-12-8-7-9-22(25)14-16-27(26)36-30(34)23-10-5-4-6-11-23/h4-18,20H,19H2,1-3H3,(H,32,33). The van der Waals surface area contributed by atoms with E-state index in [4.69, 9.17) is 9.47 Å². The molecule has 6 heteroatoms. The van der Waals surface area contributed by atoms with Crippen molar-refractivity contribution in [3.63, 3.8) is 0 Å². The molecule has 0 heterocycles. The molecule has 0 aromatic heterocycles. The predicted molar refractivity (Wildman–Crippen MR) is 142 cm³/mol. The van der Waals surface area contributed by atoms with E-state index in [0.29, 0.717) is 22.6 Å². The molecule has 4 aromatic carbocycles. The highest BCUT2D eigenvalue weighted by molar-refractivity contribution is 6.04. The number of rotatable bonds is 8. The lowest BCUT2D eigenvalue weighted by atomic mass is 10.0. The summed E-state index contributed by atoms with van der Waals surface area (Å²) in [6.45, 7) is 5.96. The number of hydrazone groups is 1. The topological polar surface area (TPSA) is 77.0 Å². The number of ether oxygens (including phenoxy) is 2. The lowest BCUT2D eigenvalue weighted by Crippen LogP contribution is -2.25. The third-order valence-electron chi connectivity index (χ3n) is 5.68. The summed E-state index contributed by atoms with van der Waals surface area (Å²) >= 11 is 0. The van der Waals surface area contributed by atoms with E-state index in [9.17, 15) is 9.59 Å². The van der Waals surface area contributed by atoms with Gasteiger partial charge < -0.3 is 9.47 Å². The summed E-state index contributed by atoms with van der Waals surface area (Å²) in [6.07, 6.45) is 1.49. The van der Waals surface area contributed by atoms with E-state index in [-0.39, 0.29) is 12.5 Å². The molecule has 4 aromatic rings. The molecule has 4 rings (SSSR count). The first-order valence-electron chi connectivity index (χ1n) is 11.8. The molecule has 0 aliphatic carbocycles. The van der Waals surface area contributed by atoms with Crippen molar-refractivity contribution < 1.29 is 19.1 Å². The van der Waals surface area contributed by atoms with E-state index in [1.807, 2.05) is 61.5 Å². The molecule has 182 valence electrons. The largest absolute Gasteiger partial charge is 0.483 e. The highest BCUT2D eigenvalue weighted by Crippen LogP contribution is 2.28. The zero-order valence-corrected chi connectivity index (χ0v) is 20.5. The molecule has 36 heavy (non-hydrogen) atoms. The van der Waals surface area contributed by atoms with Gasteiger partial charge in [-0.2, -0.15) is 5.10 Å². The van der Waals surface area contributed by atoms with Crippen LogP contribution in [0.1, 0.15) is 46.8 Å². The Morgan fingerprint density at radius 3 is 2.44 bits per heavy atom. The van der Waals surface area contributed by atoms with Gasteiger partial charge in [0, 0.05) is 5.56 Å². The van der Waals surface area contributed by atoms with Gasteiger partial charge in [0.1, 0.15) is 11.5 Å². The van der Waals surface area contributed by atoms with Crippen LogP contribution in [0.4, 0.5) is 0 Å². The lowest BCUT2D eigenvalue weighted by molar-refractivity contribution is -0.123. The molecule has 0 fully saturated rings. The van der Waals surface area contributed by atoms with Gasteiger partial charge in [-0.1, -0.05) is 74.5 Å². The maximum atomic E-state index is 12.7. The Labute approximate surface area is 210 Å². The molecule has 0 radical (unpaired) electrons. The van der Waals surface area contributed by atoms with Crippen molar-refractivity contribution in [1.82, 2.24) is 5.43 Å². The van der Waals surface area contributed by atoms with Crippen molar-refractivity contribution in [3.05, 3.63) is 107 Å². The van der Waals surface area contributed by atoms with Crippen LogP contribution < -0.4 is 14.9 Å². The van der Waals surface area contributed by atoms with Gasteiger partial charge in [0.2, 0.25) is 0 Å². The molecular weight excluding hydrogens is 452 g/mol. The second-order valence-corrected chi connectivity index (χ2v) is 8.73. The van der Waals surface area contributed by atoms with Crippen LogP contribution in [0.15, 0.2) is 90.0 Å². The Hall–Kier alpha value is -4.45. The Morgan fingerprint density at radius 2 is 1.67 bits per heavy atom. The van der Waals surface area contributed by atoms with Crippen LogP contribution in [0.5, 0.6) is 11.5 Å². The number of amides is 1. The van der Waals surface area contributed by atoms with Gasteiger partial charge in [0.25, 0.3) is 5.91 Å². The number of fused-ring (bicyclic) bond motifs is 1. The zero-order chi connectivity index (χ0) is 25.5. The van der Waals surface area contributed by atoms with Crippen LogP contribution >= 0.6 is 0 Å². The van der Waals surface area contributed by atoms with Gasteiger partial charge >= 0.3 is 5.97 Å². The maximum absolute atomic E-state index is 12.7. The maximum Gasteiger partial charge on any atom is 0.343 e. The minimum absolute atomic E-state index is 0.175. The summed E-state index contributed by atoms with van der Waals surface area (Å²) in [7, 11) is 0. The van der Waals surface area contributed by atoms with Crippen molar-refractivity contribution in [2.24, 2.45) is 5.10 Å². The van der Waals surface area contributed by atoms with Crippen molar-refractivity contribution in [2.45, 2.75) is 26.7 Å². The van der Waals surface area contributed by atoms with E-state index >= 15 is 0 Å². The summed E-state index contributed by atoms with van der Waals surface area (Å²) in [5.74, 6) is 0.430. The first kappa shape index (κ1) is 24.7. The van der Waals surface area contributed by atoms with Gasteiger partial charge in [-0.15, -0.1) is 0 Å². The molecule has 1 amide bonds. The van der Waals surface area contributed by atoms with Crippen LogP contribution in [0.25, 0.3) is 10.8 Å². The number of hydrogen-bond donors (Lipinski definition) is 1. The summed E-state index contributed by atoms with van der Waals surface area (Å²) in [5, 5.41) is 5.92. The molecule has 0 atom stereocenters. The van der Waals surface area contributed by atoms with E-state index in [2.05, 4.69) is 24.4 Å². The molecule has 0 spiro atoms. The molecule has 0 saturated heterocycles. The van der Waals surface area contributed by atoms with Gasteiger partial charge in [0.05, 0.1) is 11.8 Å². The monoisotopic (exact) mass is 480 g/mol. The van der Waals surface area contributed by atoms with Crippen molar-refractivity contribution in [1.29, 1.82) is 0 Å². The van der Waals surface area contributed by atoms with Crippen molar-refractivity contribution in [3.8, 4) is 11.5 Å². The van der Waals surface area contributed by atoms with Crippen LogP contribution in [0.2, 0.25) is 0 Å². The first-order valence-corrected chi connectivity index (χ1v) is 11.8. The van der Waals surface area contributed by atoms with Crippen molar-refractivity contribution in [2.75, 3.05) is 6.61 Å². The van der Waals surface area contributed by atoms with Gasteiger partial charge in [0.15, 0.2) is 6.61 Å². The Bertz CT molecular complexity index is 1410. The second-order valence-electron chi connectivity index (χ2n) is 8.73. The summed E-state index contributed by atoms with van der Waals surface area (Å²) in [4.78, 5) is 25.1. The normalized spacial score (nSPS) is 11.1. The fourth-order valence-electron chi connectivity index (χ4n) is 3.82. The van der Waals surface area contributed by atoms with Gasteiger partial charge in [-0.25, -0.2) is 10.2 Å². The Morgan fingerprint density at radius 1 is 0.917 bits per heavy atom. The first-order chi connectivity index (χ1) is 17.4. The van der Waals surface area contributed by atoms with E-state index < -0.39 is 11.9 Å². The van der Waals surface area contributed by atoms with E-state index in [1.54, 1.807) is 30.3 Å². The summed E-state index contributed by atoms with van der Waals surface area (Å²) in [6, 6.07) is 26.0. The molecule has 6 nitrogen and oxygen atoms in total. The van der Waals surface area contributed by atoms with Crippen LogP contribution in [0.3, 0.4) is 0 Å². The lowest BCUT2D eigenvalue weighted by Gasteiger charge is -2.14. The number of nitrogens with one attached hydrogen (secondary N) is 1. The second kappa shape index (κ2) is 11.3. The molecule has 1 N–H and O–H groups in total. The molecule has 0 saturated carbocycles. The molecule has 0 bridgehead atoms.